The topological polar surface area (TPSA) is 46.2 Å². The molecule has 2 aromatic carbocycles. The zero-order valence-electron chi connectivity index (χ0n) is 11.9. The zero-order valence-corrected chi connectivity index (χ0v) is 15.9. The van der Waals surface area contributed by atoms with Crippen LogP contribution in [0.4, 0.5) is 5.69 Å². The quantitative estimate of drug-likeness (QED) is 0.746. The fraction of sp³-hybridized carbons (Fsp3) is 0.200. The molecule has 0 aromatic heterocycles. The molecule has 2 aromatic rings. The van der Waals surface area contributed by atoms with Crippen LogP contribution in [-0.4, -0.2) is 8.42 Å². The van der Waals surface area contributed by atoms with Gasteiger partial charge in [-0.15, -0.1) is 0 Å². The van der Waals surface area contributed by atoms with E-state index in [2.05, 4.69) is 36.6 Å². The third-order valence-corrected chi connectivity index (χ3v) is 6.03. The van der Waals surface area contributed by atoms with Crippen LogP contribution in [-0.2, 0) is 10.0 Å². The van der Waals surface area contributed by atoms with Gasteiger partial charge in [-0.3, -0.25) is 4.72 Å². The molecule has 0 amide bonds. The molecule has 0 aliphatic carbocycles. The predicted molar refractivity (Wildman–Crippen MR) is 93.3 cm³/mol. The minimum Gasteiger partial charge on any atom is -0.279 e. The van der Waals surface area contributed by atoms with Gasteiger partial charge in [-0.2, -0.15) is 0 Å². The first-order chi connectivity index (χ1) is 9.70. The van der Waals surface area contributed by atoms with Gasteiger partial charge in [0, 0.05) is 8.95 Å². The van der Waals surface area contributed by atoms with Crippen LogP contribution in [0.1, 0.15) is 16.7 Å². The van der Waals surface area contributed by atoms with Gasteiger partial charge in [-0.05, 0) is 67.8 Å². The predicted octanol–water partition coefficient (Wildman–Crippen LogP) is 4.94. The Labute approximate surface area is 142 Å². The Morgan fingerprint density at radius 3 is 2.19 bits per heavy atom. The molecule has 0 bridgehead atoms. The first kappa shape index (κ1) is 16.5. The van der Waals surface area contributed by atoms with Gasteiger partial charge >= 0.3 is 0 Å². The van der Waals surface area contributed by atoms with Crippen LogP contribution in [0.2, 0.25) is 0 Å². The first-order valence-electron chi connectivity index (χ1n) is 6.26. The van der Waals surface area contributed by atoms with Gasteiger partial charge in [-0.25, -0.2) is 8.42 Å². The van der Waals surface area contributed by atoms with Crippen LogP contribution in [0, 0.1) is 20.8 Å². The Bertz CT molecular complexity index is 802. The van der Waals surface area contributed by atoms with E-state index in [1.807, 2.05) is 32.0 Å². The lowest BCUT2D eigenvalue weighted by Crippen LogP contribution is -2.15. The fourth-order valence-corrected chi connectivity index (χ4v) is 4.36. The van der Waals surface area contributed by atoms with Crippen LogP contribution in [0.25, 0.3) is 0 Å². The maximum atomic E-state index is 12.6. The molecule has 0 heterocycles. The average Bonchev–Trinajstić information content (AvgIpc) is 2.37. The Morgan fingerprint density at radius 1 is 0.905 bits per heavy atom. The van der Waals surface area contributed by atoms with E-state index in [0.717, 1.165) is 20.1 Å². The van der Waals surface area contributed by atoms with Crippen LogP contribution in [0.5, 0.6) is 0 Å². The first-order valence-corrected chi connectivity index (χ1v) is 9.33. The lowest BCUT2D eigenvalue weighted by atomic mass is 10.2. The van der Waals surface area contributed by atoms with E-state index in [-0.39, 0.29) is 0 Å². The van der Waals surface area contributed by atoms with E-state index in [0.29, 0.717) is 16.1 Å². The van der Waals surface area contributed by atoms with Crippen molar-refractivity contribution in [3.63, 3.8) is 0 Å². The van der Waals surface area contributed by atoms with Crippen LogP contribution < -0.4 is 4.72 Å². The normalized spacial score (nSPS) is 11.5. The van der Waals surface area contributed by atoms with Crippen molar-refractivity contribution in [2.75, 3.05) is 4.72 Å². The number of halogens is 2. The maximum Gasteiger partial charge on any atom is 0.262 e. The zero-order chi connectivity index (χ0) is 15.8. The summed E-state index contributed by atoms with van der Waals surface area (Å²) in [6, 6.07) is 8.92. The van der Waals surface area contributed by atoms with Crippen LogP contribution in [0.15, 0.2) is 44.2 Å². The van der Waals surface area contributed by atoms with Gasteiger partial charge in [-0.1, -0.05) is 31.9 Å². The van der Waals surface area contributed by atoms with Crippen molar-refractivity contribution in [2.45, 2.75) is 25.7 Å². The molecule has 2 rings (SSSR count). The summed E-state index contributed by atoms with van der Waals surface area (Å²) in [6.45, 7) is 5.52. The summed E-state index contributed by atoms with van der Waals surface area (Å²) in [5.41, 5.74) is 3.03. The maximum absolute atomic E-state index is 12.6. The van der Waals surface area contributed by atoms with Gasteiger partial charge in [0.2, 0.25) is 0 Å². The van der Waals surface area contributed by atoms with Gasteiger partial charge in [0.25, 0.3) is 10.0 Å². The molecule has 0 fully saturated rings. The van der Waals surface area contributed by atoms with Crippen molar-refractivity contribution in [3.05, 3.63) is 56.0 Å². The molecule has 0 saturated heterocycles. The summed E-state index contributed by atoms with van der Waals surface area (Å²) in [5, 5.41) is 0. The van der Waals surface area contributed by atoms with E-state index in [4.69, 9.17) is 0 Å². The molecule has 3 nitrogen and oxygen atoms in total. The lowest BCUT2D eigenvalue weighted by molar-refractivity contribution is 0.600. The Kier molecular flexibility index (Phi) is 4.80. The number of aryl methyl sites for hydroxylation is 3. The molecule has 0 aliphatic heterocycles. The molecule has 0 radical (unpaired) electrons. The highest BCUT2D eigenvalue weighted by atomic mass is 79.9. The molecule has 6 heteroatoms. The molecular weight excluding hydrogens is 418 g/mol. The van der Waals surface area contributed by atoms with E-state index in [1.165, 1.54) is 0 Å². The van der Waals surface area contributed by atoms with Crippen molar-refractivity contribution in [1.29, 1.82) is 0 Å². The van der Waals surface area contributed by atoms with E-state index in [1.54, 1.807) is 19.1 Å². The van der Waals surface area contributed by atoms with E-state index < -0.39 is 10.0 Å². The second kappa shape index (κ2) is 6.10. The lowest BCUT2D eigenvalue weighted by Gasteiger charge is -2.14. The standard InChI is InChI=1S/C15H15Br2NO2S/c1-9-8-15(11(3)7-13(9)17)21(19,20)18-14-5-4-12(16)6-10(14)2/h4-8,18H,1-3H3. The summed E-state index contributed by atoms with van der Waals surface area (Å²) in [6.07, 6.45) is 0. The fourth-order valence-electron chi connectivity index (χ4n) is 1.99. The minimum absolute atomic E-state index is 0.297. The second-order valence-electron chi connectivity index (χ2n) is 4.93. The summed E-state index contributed by atoms with van der Waals surface area (Å²) >= 11 is 6.78. The molecule has 1 N–H and O–H groups in total. The minimum atomic E-state index is -3.60. The van der Waals surface area contributed by atoms with Gasteiger partial charge < -0.3 is 0 Å². The van der Waals surface area contributed by atoms with E-state index >= 15 is 0 Å². The summed E-state index contributed by atoms with van der Waals surface area (Å²) in [5.74, 6) is 0. The Morgan fingerprint density at radius 2 is 1.57 bits per heavy atom. The molecule has 0 unspecified atom stereocenters. The van der Waals surface area contributed by atoms with Gasteiger partial charge in [0.05, 0.1) is 10.6 Å². The number of anilines is 1. The molecule has 0 atom stereocenters. The van der Waals surface area contributed by atoms with E-state index in [9.17, 15) is 8.42 Å². The van der Waals surface area contributed by atoms with Crippen molar-refractivity contribution in [3.8, 4) is 0 Å². The Balaban J connectivity index is 2.46. The third-order valence-electron chi connectivity index (χ3n) is 3.18. The monoisotopic (exact) mass is 431 g/mol. The highest BCUT2D eigenvalue weighted by Gasteiger charge is 2.19. The third kappa shape index (κ3) is 3.67. The molecule has 0 spiro atoms. The van der Waals surface area contributed by atoms with Crippen molar-refractivity contribution < 1.29 is 8.42 Å². The van der Waals surface area contributed by atoms with Gasteiger partial charge in [0.1, 0.15) is 0 Å². The van der Waals surface area contributed by atoms with Gasteiger partial charge in [0.15, 0.2) is 0 Å². The summed E-state index contributed by atoms with van der Waals surface area (Å²) < 4.78 is 29.6. The number of rotatable bonds is 3. The smallest absolute Gasteiger partial charge is 0.262 e. The summed E-state index contributed by atoms with van der Waals surface area (Å²) in [7, 11) is -3.60. The van der Waals surface area contributed by atoms with Crippen molar-refractivity contribution in [2.24, 2.45) is 0 Å². The Hall–Kier alpha value is -0.850. The van der Waals surface area contributed by atoms with Crippen molar-refractivity contribution >= 4 is 47.6 Å². The molecular formula is C15H15Br2NO2S. The summed E-state index contributed by atoms with van der Waals surface area (Å²) in [4.78, 5) is 0.297. The second-order valence-corrected chi connectivity index (χ2v) is 8.35. The largest absolute Gasteiger partial charge is 0.279 e. The van der Waals surface area contributed by atoms with Crippen LogP contribution >= 0.6 is 31.9 Å². The average molecular weight is 433 g/mol. The number of benzene rings is 2. The highest BCUT2D eigenvalue weighted by molar-refractivity contribution is 9.10. The van der Waals surface area contributed by atoms with Crippen LogP contribution in [0.3, 0.4) is 0 Å². The number of sulfonamides is 1. The highest BCUT2D eigenvalue weighted by Crippen LogP contribution is 2.27. The molecule has 112 valence electrons. The number of hydrogen-bond donors (Lipinski definition) is 1. The number of hydrogen-bond acceptors (Lipinski definition) is 2. The number of nitrogens with one attached hydrogen (secondary N) is 1. The van der Waals surface area contributed by atoms with Crippen molar-refractivity contribution in [1.82, 2.24) is 0 Å². The SMILES string of the molecule is Cc1cc(S(=O)(=O)Nc2ccc(Br)cc2C)c(C)cc1Br. The molecule has 21 heavy (non-hydrogen) atoms. The molecule has 0 saturated carbocycles. The molecule has 0 aliphatic rings.